The molecule has 0 spiro atoms. The third-order valence-corrected chi connectivity index (χ3v) is 5.21. The third-order valence-electron chi connectivity index (χ3n) is 3.96. The number of amides is 1. The number of benzene rings is 1. The molecule has 1 aromatic carbocycles. The van der Waals surface area contributed by atoms with Crippen LogP contribution in [0.15, 0.2) is 53.6 Å². The minimum atomic E-state index is 0.162. The zero-order valence-corrected chi connectivity index (χ0v) is 13.1. The quantitative estimate of drug-likeness (QED) is 0.810. The maximum atomic E-state index is 12.4. The van der Waals surface area contributed by atoms with Crippen LogP contribution in [0.3, 0.4) is 0 Å². The summed E-state index contributed by atoms with van der Waals surface area (Å²) in [5.41, 5.74) is 0.784. The van der Waals surface area contributed by atoms with Crippen LogP contribution in [0.4, 0.5) is 0 Å². The van der Waals surface area contributed by atoms with Gasteiger partial charge in [0.15, 0.2) is 0 Å². The van der Waals surface area contributed by atoms with Crippen LogP contribution in [-0.4, -0.2) is 34.2 Å². The van der Waals surface area contributed by atoms with E-state index in [1.54, 1.807) is 0 Å². The summed E-state index contributed by atoms with van der Waals surface area (Å²) in [6, 6.07) is 14.3. The lowest BCUT2D eigenvalue weighted by atomic mass is 10.2. The molecule has 1 aliphatic heterocycles. The number of aryl methyl sites for hydroxylation is 1. The summed E-state index contributed by atoms with van der Waals surface area (Å²) in [6.07, 6.45) is 3.03. The van der Waals surface area contributed by atoms with Crippen molar-refractivity contribution in [2.24, 2.45) is 13.0 Å². The number of nitrogens with zero attached hydrogens (tertiary/aromatic N) is 2. The summed E-state index contributed by atoms with van der Waals surface area (Å²) in [4.78, 5) is 15.7. The average molecular weight is 300 g/mol. The highest BCUT2D eigenvalue weighted by atomic mass is 32.2. The Balaban J connectivity index is 1.54. The van der Waals surface area contributed by atoms with Crippen molar-refractivity contribution < 1.29 is 4.79 Å². The van der Waals surface area contributed by atoms with E-state index in [1.165, 1.54) is 4.90 Å². The molecule has 3 rings (SSSR count). The Labute approximate surface area is 130 Å². The van der Waals surface area contributed by atoms with E-state index >= 15 is 0 Å². The van der Waals surface area contributed by atoms with Crippen LogP contribution in [0, 0.1) is 5.92 Å². The van der Waals surface area contributed by atoms with Gasteiger partial charge in [-0.2, -0.15) is 0 Å². The van der Waals surface area contributed by atoms with Gasteiger partial charge in [-0.15, -0.1) is 11.8 Å². The maximum Gasteiger partial charge on any atom is 0.270 e. The van der Waals surface area contributed by atoms with E-state index in [4.69, 9.17) is 0 Å². The number of aromatic nitrogens is 1. The highest BCUT2D eigenvalue weighted by molar-refractivity contribution is 7.99. The van der Waals surface area contributed by atoms with Gasteiger partial charge in [0.05, 0.1) is 0 Å². The van der Waals surface area contributed by atoms with Crippen LogP contribution in [0.2, 0.25) is 0 Å². The number of hydrogen-bond acceptors (Lipinski definition) is 2. The Morgan fingerprint density at radius 1 is 1.24 bits per heavy atom. The molecule has 4 heteroatoms. The fourth-order valence-electron chi connectivity index (χ4n) is 2.73. The van der Waals surface area contributed by atoms with E-state index in [-0.39, 0.29) is 5.91 Å². The standard InChI is InChI=1S/C17H20N2OS/c1-18-10-5-8-16(18)17(20)19-11-9-14(12-19)13-21-15-6-3-2-4-7-15/h2-8,10,14H,9,11-13H2,1H3/t14-/m0/s1. The van der Waals surface area contributed by atoms with E-state index in [9.17, 15) is 4.79 Å². The molecule has 0 unspecified atom stereocenters. The van der Waals surface area contributed by atoms with Crippen LogP contribution in [0.5, 0.6) is 0 Å². The Kier molecular flexibility index (Phi) is 4.34. The van der Waals surface area contributed by atoms with Crippen molar-refractivity contribution in [3.63, 3.8) is 0 Å². The summed E-state index contributed by atoms with van der Waals surface area (Å²) >= 11 is 1.89. The van der Waals surface area contributed by atoms with Crippen molar-refractivity contribution in [2.75, 3.05) is 18.8 Å². The molecule has 0 bridgehead atoms. The van der Waals surface area contributed by atoms with Gasteiger partial charge >= 0.3 is 0 Å². The molecule has 0 radical (unpaired) electrons. The monoisotopic (exact) mass is 300 g/mol. The second-order valence-electron chi connectivity index (χ2n) is 5.53. The van der Waals surface area contributed by atoms with Crippen LogP contribution >= 0.6 is 11.8 Å². The molecule has 1 atom stereocenters. The van der Waals surface area contributed by atoms with Gasteiger partial charge in [0.1, 0.15) is 5.69 Å². The number of rotatable bonds is 4. The Bertz CT molecular complexity index is 608. The highest BCUT2D eigenvalue weighted by Gasteiger charge is 2.27. The summed E-state index contributed by atoms with van der Waals surface area (Å²) in [5, 5.41) is 0. The molecule has 0 saturated carbocycles. The van der Waals surface area contributed by atoms with Gasteiger partial charge in [0, 0.05) is 37.0 Å². The first-order valence-corrected chi connectivity index (χ1v) is 8.31. The number of carbonyl (C=O) groups excluding carboxylic acids is 1. The molecule has 3 nitrogen and oxygen atoms in total. The van der Waals surface area contributed by atoms with Gasteiger partial charge in [-0.05, 0) is 36.6 Å². The average Bonchev–Trinajstić information content (AvgIpc) is 3.14. The number of hydrogen-bond donors (Lipinski definition) is 0. The van der Waals surface area contributed by atoms with Crippen molar-refractivity contribution in [1.29, 1.82) is 0 Å². The maximum absolute atomic E-state index is 12.4. The fourth-order valence-corrected chi connectivity index (χ4v) is 3.78. The van der Waals surface area contributed by atoms with Crippen molar-refractivity contribution in [1.82, 2.24) is 9.47 Å². The lowest BCUT2D eigenvalue weighted by Gasteiger charge is -2.17. The second-order valence-corrected chi connectivity index (χ2v) is 6.63. The second kappa shape index (κ2) is 6.39. The molecule has 2 aromatic rings. The van der Waals surface area contributed by atoms with Crippen molar-refractivity contribution in [3.8, 4) is 0 Å². The van der Waals surface area contributed by atoms with Crippen LogP contribution < -0.4 is 0 Å². The number of likely N-dealkylation sites (tertiary alicyclic amines) is 1. The molecule has 110 valence electrons. The molecule has 21 heavy (non-hydrogen) atoms. The minimum absolute atomic E-state index is 0.162. The fraction of sp³-hybridized carbons (Fsp3) is 0.353. The normalized spacial score (nSPS) is 18.1. The molecule has 1 aliphatic rings. The smallest absolute Gasteiger partial charge is 0.270 e. The van der Waals surface area contributed by atoms with E-state index in [1.807, 2.05) is 52.7 Å². The number of thioether (sulfide) groups is 1. The van der Waals surface area contributed by atoms with Gasteiger partial charge < -0.3 is 9.47 Å². The minimum Gasteiger partial charge on any atom is -0.347 e. The van der Waals surface area contributed by atoms with Gasteiger partial charge in [0.25, 0.3) is 5.91 Å². The SMILES string of the molecule is Cn1cccc1C(=O)N1CC[C@H](CSc2ccccc2)C1. The summed E-state index contributed by atoms with van der Waals surface area (Å²) in [5.74, 6) is 1.84. The topological polar surface area (TPSA) is 25.2 Å². The largest absolute Gasteiger partial charge is 0.347 e. The Morgan fingerprint density at radius 2 is 2.05 bits per heavy atom. The van der Waals surface area contributed by atoms with Crippen molar-refractivity contribution in [2.45, 2.75) is 11.3 Å². The summed E-state index contributed by atoms with van der Waals surface area (Å²) in [6.45, 7) is 1.76. The molecule has 1 aromatic heterocycles. The predicted molar refractivity (Wildman–Crippen MR) is 86.6 cm³/mol. The lowest BCUT2D eigenvalue weighted by Crippen LogP contribution is -2.30. The van der Waals surface area contributed by atoms with E-state index in [2.05, 4.69) is 24.3 Å². The third kappa shape index (κ3) is 3.32. The highest BCUT2D eigenvalue weighted by Crippen LogP contribution is 2.26. The van der Waals surface area contributed by atoms with E-state index in [0.29, 0.717) is 5.92 Å². The van der Waals surface area contributed by atoms with Crippen LogP contribution in [0.25, 0.3) is 0 Å². The van der Waals surface area contributed by atoms with E-state index < -0.39 is 0 Å². The van der Waals surface area contributed by atoms with Crippen LogP contribution in [-0.2, 0) is 7.05 Å². The Hall–Kier alpha value is -1.68. The van der Waals surface area contributed by atoms with Crippen LogP contribution in [0.1, 0.15) is 16.9 Å². The van der Waals surface area contributed by atoms with Crippen molar-refractivity contribution >= 4 is 17.7 Å². The lowest BCUT2D eigenvalue weighted by molar-refractivity contribution is 0.0779. The first kappa shape index (κ1) is 14.3. The molecule has 2 heterocycles. The van der Waals surface area contributed by atoms with Gasteiger partial charge in [0.2, 0.25) is 0 Å². The van der Waals surface area contributed by atoms with Gasteiger partial charge in [-0.1, -0.05) is 18.2 Å². The zero-order chi connectivity index (χ0) is 14.7. The molecular weight excluding hydrogens is 280 g/mol. The first-order chi connectivity index (χ1) is 10.2. The van der Waals surface area contributed by atoms with E-state index in [0.717, 1.165) is 31.0 Å². The molecule has 0 aliphatic carbocycles. The molecule has 1 fully saturated rings. The Morgan fingerprint density at radius 3 is 2.76 bits per heavy atom. The molecule has 1 amide bonds. The van der Waals surface area contributed by atoms with Gasteiger partial charge in [-0.25, -0.2) is 0 Å². The molecule has 0 N–H and O–H groups in total. The summed E-state index contributed by atoms with van der Waals surface area (Å²) < 4.78 is 1.90. The first-order valence-electron chi connectivity index (χ1n) is 7.32. The van der Waals surface area contributed by atoms with Gasteiger partial charge in [-0.3, -0.25) is 4.79 Å². The zero-order valence-electron chi connectivity index (χ0n) is 12.2. The molecule has 1 saturated heterocycles. The number of carbonyl (C=O) groups is 1. The van der Waals surface area contributed by atoms with Crippen molar-refractivity contribution in [3.05, 3.63) is 54.4 Å². The predicted octanol–water partition coefficient (Wildman–Crippen LogP) is 3.28. The summed E-state index contributed by atoms with van der Waals surface area (Å²) in [7, 11) is 1.92. The molecular formula is C17H20N2OS.